The summed E-state index contributed by atoms with van der Waals surface area (Å²) in [4.78, 5) is 10.6. The minimum absolute atomic E-state index is 0.0245. The average molecular weight is 183 g/mol. The molecule has 0 aliphatic heterocycles. The van der Waals surface area contributed by atoms with E-state index < -0.39 is 5.24 Å². The highest BCUT2D eigenvalue weighted by molar-refractivity contribution is 6.67. The van der Waals surface area contributed by atoms with E-state index in [-0.39, 0.29) is 5.84 Å². The number of nitrogen functional groups attached to an aromatic ring is 1. The number of nitrogens with two attached hydrogens (primary N) is 1. The van der Waals surface area contributed by atoms with Crippen LogP contribution in [-0.2, 0) is 0 Å². The predicted octanol–water partition coefficient (Wildman–Crippen LogP) is 1.35. The summed E-state index contributed by atoms with van der Waals surface area (Å²) in [6.45, 7) is 0. The van der Waals surface area contributed by atoms with Crippen LogP contribution in [0.2, 0.25) is 0 Å². The molecule has 3 nitrogen and oxygen atoms in total. The molecule has 3 N–H and O–H groups in total. The lowest BCUT2D eigenvalue weighted by atomic mass is 10.1. The zero-order valence-electron chi connectivity index (χ0n) is 6.17. The predicted molar refractivity (Wildman–Crippen MR) is 47.6 cm³/mol. The van der Waals surface area contributed by atoms with Crippen LogP contribution in [0.25, 0.3) is 0 Å². The number of hydrogen-bond donors (Lipinski definition) is 2. The number of rotatable bonds is 2. The van der Waals surface area contributed by atoms with Crippen LogP contribution in [0.4, 0.5) is 0 Å². The molecule has 1 rings (SSSR count). The molecule has 4 heteroatoms. The van der Waals surface area contributed by atoms with Crippen molar-refractivity contribution in [3.8, 4) is 0 Å². The highest BCUT2D eigenvalue weighted by atomic mass is 35.5. The van der Waals surface area contributed by atoms with Crippen LogP contribution in [0.5, 0.6) is 0 Å². The fourth-order valence-electron chi connectivity index (χ4n) is 0.781. The molecule has 0 aromatic heterocycles. The first-order valence-corrected chi connectivity index (χ1v) is 3.63. The van der Waals surface area contributed by atoms with Gasteiger partial charge >= 0.3 is 0 Å². The standard InChI is InChI=1S/C8H7ClN2O/c9-7(12)5-1-3-6(4-2-5)8(10)11/h1-4H,(H3,10,11). The van der Waals surface area contributed by atoms with Crippen LogP contribution in [0.1, 0.15) is 15.9 Å². The van der Waals surface area contributed by atoms with E-state index in [9.17, 15) is 4.79 Å². The minimum atomic E-state index is -0.509. The van der Waals surface area contributed by atoms with Gasteiger partial charge in [-0.3, -0.25) is 10.2 Å². The van der Waals surface area contributed by atoms with E-state index in [2.05, 4.69) is 0 Å². The Bertz CT molecular complexity index is 285. The largest absolute Gasteiger partial charge is 0.384 e. The summed E-state index contributed by atoms with van der Waals surface area (Å²) in [7, 11) is 0. The number of carbonyl (C=O) groups is 1. The summed E-state index contributed by atoms with van der Waals surface area (Å²) in [5.41, 5.74) is 6.19. The summed E-state index contributed by atoms with van der Waals surface area (Å²) in [6.07, 6.45) is 0. The molecule has 12 heavy (non-hydrogen) atoms. The topological polar surface area (TPSA) is 66.9 Å². The summed E-state index contributed by atoms with van der Waals surface area (Å²) < 4.78 is 0. The summed E-state index contributed by atoms with van der Waals surface area (Å²) in [5, 5.41) is 6.56. The maximum absolute atomic E-state index is 10.6. The van der Waals surface area contributed by atoms with Gasteiger partial charge in [0.05, 0.1) is 0 Å². The van der Waals surface area contributed by atoms with Crippen molar-refractivity contribution in [2.24, 2.45) is 5.73 Å². The fourth-order valence-corrected chi connectivity index (χ4v) is 0.907. The molecule has 1 aromatic rings. The molecule has 0 unspecified atom stereocenters. The molecule has 0 saturated heterocycles. The van der Waals surface area contributed by atoms with Crippen molar-refractivity contribution < 1.29 is 4.79 Å². The van der Waals surface area contributed by atoms with Gasteiger partial charge in [0.15, 0.2) is 0 Å². The monoisotopic (exact) mass is 182 g/mol. The Balaban J connectivity index is 3.01. The van der Waals surface area contributed by atoms with Gasteiger partial charge in [-0.05, 0) is 23.7 Å². The summed E-state index contributed by atoms with van der Waals surface area (Å²) in [6, 6.07) is 6.23. The second kappa shape index (κ2) is 3.36. The lowest BCUT2D eigenvalue weighted by Gasteiger charge is -1.97. The quantitative estimate of drug-likeness (QED) is 0.412. The molecular formula is C8H7ClN2O. The van der Waals surface area contributed by atoms with E-state index in [1.54, 1.807) is 12.1 Å². The van der Waals surface area contributed by atoms with Crippen LogP contribution in [0, 0.1) is 5.41 Å². The average Bonchev–Trinajstić information content (AvgIpc) is 2.04. The van der Waals surface area contributed by atoms with Gasteiger partial charge in [0, 0.05) is 11.1 Å². The SMILES string of the molecule is N=C(N)c1ccc(C(=O)Cl)cc1. The van der Waals surface area contributed by atoms with Crippen LogP contribution in [-0.4, -0.2) is 11.1 Å². The number of nitrogens with one attached hydrogen (secondary N) is 1. The normalized spacial score (nSPS) is 9.42. The van der Waals surface area contributed by atoms with E-state index in [1.165, 1.54) is 12.1 Å². The van der Waals surface area contributed by atoms with Gasteiger partial charge in [0.1, 0.15) is 5.84 Å². The fraction of sp³-hybridized carbons (Fsp3) is 0. The number of hydrogen-bond acceptors (Lipinski definition) is 2. The Morgan fingerprint density at radius 2 is 1.67 bits per heavy atom. The van der Waals surface area contributed by atoms with E-state index in [0.717, 1.165) is 0 Å². The molecule has 0 atom stereocenters. The Hall–Kier alpha value is -1.35. The minimum Gasteiger partial charge on any atom is -0.384 e. The van der Waals surface area contributed by atoms with E-state index >= 15 is 0 Å². The van der Waals surface area contributed by atoms with Gasteiger partial charge < -0.3 is 5.73 Å². The van der Waals surface area contributed by atoms with Crippen molar-refractivity contribution in [3.05, 3.63) is 35.4 Å². The van der Waals surface area contributed by atoms with Gasteiger partial charge in [-0.25, -0.2) is 0 Å². The molecule has 62 valence electrons. The van der Waals surface area contributed by atoms with Crippen LogP contribution >= 0.6 is 11.6 Å². The van der Waals surface area contributed by atoms with Gasteiger partial charge in [0.25, 0.3) is 5.24 Å². The van der Waals surface area contributed by atoms with E-state index in [4.69, 9.17) is 22.7 Å². The van der Waals surface area contributed by atoms with Crippen molar-refractivity contribution in [1.29, 1.82) is 5.41 Å². The van der Waals surface area contributed by atoms with Gasteiger partial charge in [-0.15, -0.1) is 0 Å². The van der Waals surface area contributed by atoms with E-state index in [1.807, 2.05) is 0 Å². The van der Waals surface area contributed by atoms with Crippen molar-refractivity contribution in [2.45, 2.75) is 0 Å². The highest BCUT2D eigenvalue weighted by Gasteiger charge is 2.01. The molecule has 0 heterocycles. The Kier molecular flexibility index (Phi) is 2.45. The van der Waals surface area contributed by atoms with Crippen molar-refractivity contribution in [1.82, 2.24) is 0 Å². The third kappa shape index (κ3) is 1.83. The van der Waals surface area contributed by atoms with Crippen molar-refractivity contribution >= 4 is 22.7 Å². The maximum Gasteiger partial charge on any atom is 0.252 e. The van der Waals surface area contributed by atoms with Gasteiger partial charge in [0.2, 0.25) is 0 Å². The number of carbonyl (C=O) groups excluding carboxylic acids is 1. The third-order valence-electron chi connectivity index (χ3n) is 1.42. The molecule has 1 aromatic carbocycles. The summed E-state index contributed by atoms with van der Waals surface area (Å²) in [5.74, 6) is -0.0245. The first kappa shape index (κ1) is 8.74. The van der Waals surface area contributed by atoms with Crippen LogP contribution < -0.4 is 5.73 Å². The molecule has 0 amide bonds. The zero-order chi connectivity index (χ0) is 9.14. The Morgan fingerprint density at radius 1 is 1.25 bits per heavy atom. The second-order valence-electron chi connectivity index (χ2n) is 2.26. The molecule has 0 fully saturated rings. The smallest absolute Gasteiger partial charge is 0.252 e. The van der Waals surface area contributed by atoms with Crippen molar-refractivity contribution in [3.63, 3.8) is 0 Å². The van der Waals surface area contributed by atoms with Crippen LogP contribution in [0.15, 0.2) is 24.3 Å². The molecule has 0 radical (unpaired) electrons. The zero-order valence-corrected chi connectivity index (χ0v) is 6.93. The molecular weight excluding hydrogens is 176 g/mol. The van der Waals surface area contributed by atoms with Gasteiger partial charge in [-0.1, -0.05) is 12.1 Å². The number of benzene rings is 1. The second-order valence-corrected chi connectivity index (χ2v) is 2.61. The molecule has 0 aliphatic carbocycles. The molecule has 0 saturated carbocycles. The first-order valence-electron chi connectivity index (χ1n) is 3.25. The first-order chi connectivity index (χ1) is 5.61. The van der Waals surface area contributed by atoms with E-state index in [0.29, 0.717) is 11.1 Å². The number of amidine groups is 1. The maximum atomic E-state index is 10.6. The number of halogens is 1. The molecule has 0 aliphatic rings. The third-order valence-corrected chi connectivity index (χ3v) is 1.64. The lowest BCUT2D eigenvalue weighted by Crippen LogP contribution is -2.10. The highest BCUT2D eigenvalue weighted by Crippen LogP contribution is 2.06. The van der Waals surface area contributed by atoms with Crippen LogP contribution in [0.3, 0.4) is 0 Å². The summed E-state index contributed by atoms with van der Waals surface area (Å²) >= 11 is 5.21. The molecule has 0 bridgehead atoms. The molecule has 0 spiro atoms. The Labute approximate surface area is 74.7 Å². The Morgan fingerprint density at radius 3 is 2.00 bits per heavy atom. The van der Waals surface area contributed by atoms with Gasteiger partial charge in [-0.2, -0.15) is 0 Å². The van der Waals surface area contributed by atoms with Crippen molar-refractivity contribution in [2.75, 3.05) is 0 Å². The lowest BCUT2D eigenvalue weighted by molar-refractivity contribution is 0.108.